The van der Waals surface area contributed by atoms with E-state index >= 15 is 0 Å². The Bertz CT molecular complexity index is 919. The maximum Gasteiger partial charge on any atom is 0.245 e. The summed E-state index contributed by atoms with van der Waals surface area (Å²) in [6.07, 6.45) is 0. The molecule has 0 N–H and O–H groups in total. The van der Waals surface area contributed by atoms with Gasteiger partial charge in [0.05, 0.1) is 12.0 Å². The molecule has 1 atom stereocenters. The van der Waals surface area contributed by atoms with E-state index in [0.29, 0.717) is 11.6 Å². The summed E-state index contributed by atoms with van der Waals surface area (Å²) in [5.41, 5.74) is 0.718. The van der Waals surface area contributed by atoms with Gasteiger partial charge >= 0.3 is 0 Å². The van der Waals surface area contributed by atoms with Gasteiger partial charge in [-0.1, -0.05) is 23.4 Å². The zero-order valence-corrected chi connectivity index (χ0v) is 14.0. The molecule has 0 fully saturated rings. The first kappa shape index (κ1) is 16.2. The molecule has 3 rings (SSSR count). The van der Waals surface area contributed by atoms with Crippen LogP contribution in [0.3, 0.4) is 0 Å². The van der Waals surface area contributed by atoms with Crippen LogP contribution in [0.4, 0.5) is 0 Å². The van der Waals surface area contributed by atoms with Crippen molar-refractivity contribution < 1.29 is 17.7 Å². The van der Waals surface area contributed by atoms with Crippen molar-refractivity contribution in [2.75, 3.05) is 7.11 Å². The molecule has 2 aromatic carbocycles. The Hall–Kier alpha value is -2.67. The van der Waals surface area contributed by atoms with E-state index in [0.717, 1.165) is 5.56 Å². The first-order valence-corrected chi connectivity index (χ1v) is 8.84. The minimum absolute atomic E-state index is 0.0599. The van der Waals surface area contributed by atoms with Gasteiger partial charge in [-0.25, -0.2) is 8.42 Å². The highest BCUT2D eigenvalue weighted by Gasteiger charge is 2.29. The Morgan fingerprint density at radius 3 is 2.33 bits per heavy atom. The smallest absolute Gasteiger partial charge is 0.245 e. The van der Waals surface area contributed by atoms with Gasteiger partial charge in [0, 0.05) is 5.56 Å². The minimum atomic E-state index is -3.59. The van der Waals surface area contributed by atoms with E-state index in [9.17, 15) is 8.42 Å². The van der Waals surface area contributed by atoms with Gasteiger partial charge in [0.15, 0.2) is 9.84 Å². The lowest BCUT2D eigenvalue weighted by Gasteiger charge is -2.08. The van der Waals surface area contributed by atoms with Crippen LogP contribution in [0.1, 0.15) is 18.1 Å². The second kappa shape index (κ2) is 6.45. The van der Waals surface area contributed by atoms with Crippen LogP contribution in [0.15, 0.2) is 64.0 Å². The predicted octanol–water partition coefficient (Wildman–Crippen LogP) is 3.28. The second-order valence-corrected chi connectivity index (χ2v) is 7.45. The topological polar surface area (TPSA) is 82.3 Å². The number of rotatable bonds is 5. The Morgan fingerprint density at radius 2 is 1.71 bits per heavy atom. The summed E-state index contributed by atoms with van der Waals surface area (Å²) in [5, 5.41) is 2.95. The zero-order valence-electron chi connectivity index (χ0n) is 13.2. The standard InChI is InChI=1S/C17H16N2O4S/c1-12(24(20,21)15-6-4-3-5-7-15)17-18-16(19-23-17)13-8-10-14(22-2)11-9-13/h3-12H,1-2H3. The van der Waals surface area contributed by atoms with Crippen LogP contribution in [-0.2, 0) is 9.84 Å². The quantitative estimate of drug-likeness (QED) is 0.706. The summed E-state index contributed by atoms with van der Waals surface area (Å²) in [5.74, 6) is 1.11. The molecule has 1 heterocycles. The van der Waals surface area contributed by atoms with E-state index < -0.39 is 15.1 Å². The largest absolute Gasteiger partial charge is 0.497 e. The van der Waals surface area contributed by atoms with Crippen molar-refractivity contribution >= 4 is 9.84 Å². The Labute approximate surface area is 140 Å². The van der Waals surface area contributed by atoms with Gasteiger partial charge in [-0.05, 0) is 43.3 Å². The van der Waals surface area contributed by atoms with Gasteiger partial charge in [-0.3, -0.25) is 0 Å². The summed E-state index contributed by atoms with van der Waals surface area (Å²) >= 11 is 0. The highest BCUT2D eigenvalue weighted by Crippen LogP contribution is 2.29. The van der Waals surface area contributed by atoms with Crippen molar-refractivity contribution in [3.8, 4) is 17.1 Å². The zero-order chi connectivity index (χ0) is 17.2. The molecule has 0 bridgehead atoms. The van der Waals surface area contributed by atoms with Crippen molar-refractivity contribution in [3.05, 3.63) is 60.5 Å². The summed E-state index contributed by atoms with van der Waals surface area (Å²) in [7, 11) is -2.01. The summed E-state index contributed by atoms with van der Waals surface area (Å²) < 4.78 is 35.5. The Morgan fingerprint density at radius 1 is 1.04 bits per heavy atom. The number of nitrogens with zero attached hydrogens (tertiary/aromatic N) is 2. The highest BCUT2D eigenvalue weighted by molar-refractivity contribution is 7.91. The van der Waals surface area contributed by atoms with E-state index in [2.05, 4.69) is 10.1 Å². The molecule has 3 aromatic rings. The van der Waals surface area contributed by atoms with E-state index in [1.165, 1.54) is 6.92 Å². The van der Waals surface area contributed by atoms with Crippen LogP contribution in [-0.4, -0.2) is 25.7 Å². The van der Waals surface area contributed by atoms with Gasteiger partial charge < -0.3 is 9.26 Å². The Kier molecular flexibility index (Phi) is 4.35. The Balaban J connectivity index is 1.89. The van der Waals surface area contributed by atoms with Crippen molar-refractivity contribution in [2.24, 2.45) is 0 Å². The SMILES string of the molecule is COc1ccc(-c2noc(C(C)S(=O)(=O)c3ccccc3)n2)cc1. The fraction of sp³-hybridized carbons (Fsp3) is 0.176. The number of benzene rings is 2. The molecule has 24 heavy (non-hydrogen) atoms. The first-order valence-electron chi connectivity index (χ1n) is 7.29. The number of sulfone groups is 1. The molecule has 1 aromatic heterocycles. The highest BCUT2D eigenvalue weighted by atomic mass is 32.2. The van der Waals surface area contributed by atoms with Gasteiger partial charge in [0.25, 0.3) is 0 Å². The molecule has 1 unspecified atom stereocenters. The number of hydrogen-bond acceptors (Lipinski definition) is 6. The monoisotopic (exact) mass is 344 g/mol. The average molecular weight is 344 g/mol. The maximum absolute atomic E-state index is 12.6. The molecule has 0 saturated carbocycles. The molecular weight excluding hydrogens is 328 g/mol. The van der Waals surface area contributed by atoms with Crippen molar-refractivity contribution in [3.63, 3.8) is 0 Å². The lowest BCUT2D eigenvalue weighted by Crippen LogP contribution is -2.11. The van der Waals surface area contributed by atoms with Crippen molar-refractivity contribution in [1.82, 2.24) is 10.1 Å². The van der Waals surface area contributed by atoms with E-state index in [1.54, 1.807) is 61.7 Å². The molecule has 0 amide bonds. The molecule has 0 spiro atoms. The van der Waals surface area contributed by atoms with E-state index in [4.69, 9.17) is 9.26 Å². The number of hydrogen-bond donors (Lipinski definition) is 0. The number of ether oxygens (including phenoxy) is 1. The molecule has 0 aliphatic heterocycles. The molecule has 6 nitrogen and oxygen atoms in total. The van der Waals surface area contributed by atoms with Gasteiger partial charge in [-0.15, -0.1) is 0 Å². The normalized spacial score (nSPS) is 12.8. The average Bonchev–Trinajstić information content (AvgIpc) is 3.12. The first-order chi connectivity index (χ1) is 11.5. The van der Waals surface area contributed by atoms with Crippen LogP contribution in [0, 0.1) is 0 Å². The van der Waals surface area contributed by atoms with E-state index in [-0.39, 0.29) is 10.8 Å². The molecule has 7 heteroatoms. The van der Waals surface area contributed by atoms with Crippen molar-refractivity contribution in [2.45, 2.75) is 17.1 Å². The second-order valence-electron chi connectivity index (χ2n) is 5.19. The molecule has 0 radical (unpaired) electrons. The van der Waals surface area contributed by atoms with Crippen LogP contribution in [0.2, 0.25) is 0 Å². The minimum Gasteiger partial charge on any atom is -0.497 e. The third-order valence-electron chi connectivity index (χ3n) is 3.67. The van der Waals surface area contributed by atoms with Gasteiger partial charge in [0.1, 0.15) is 11.0 Å². The summed E-state index contributed by atoms with van der Waals surface area (Å²) in [6, 6.07) is 15.3. The van der Waals surface area contributed by atoms with Crippen LogP contribution >= 0.6 is 0 Å². The fourth-order valence-corrected chi connectivity index (χ4v) is 3.51. The van der Waals surface area contributed by atoms with Crippen LogP contribution in [0.25, 0.3) is 11.4 Å². The van der Waals surface area contributed by atoms with Crippen LogP contribution < -0.4 is 4.74 Å². The lowest BCUT2D eigenvalue weighted by atomic mass is 10.2. The maximum atomic E-state index is 12.6. The van der Waals surface area contributed by atoms with Crippen LogP contribution in [0.5, 0.6) is 5.75 Å². The third-order valence-corrected chi connectivity index (χ3v) is 5.74. The molecular formula is C17H16N2O4S. The summed E-state index contributed by atoms with van der Waals surface area (Å²) in [6.45, 7) is 1.54. The third kappa shape index (κ3) is 3.03. The molecule has 0 aliphatic rings. The fourth-order valence-electron chi connectivity index (χ4n) is 2.20. The number of aromatic nitrogens is 2. The van der Waals surface area contributed by atoms with Gasteiger partial charge in [-0.2, -0.15) is 4.98 Å². The molecule has 0 saturated heterocycles. The predicted molar refractivity (Wildman–Crippen MR) is 88.3 cm³/mol. The van der Waals surface area contributed by atoms with Crippen molar-refractivity contribution in [1.29, 1.82) is 0 Å². The van der Waals surface area contributed by atoms with E-state index in [1.807, 2.05) is 0 Å². The molecule has 124 valence electrons. The van der Waals surface area contributed by atoms with Gasteiger partial charge in [0.2, 0.25) is 11.7 Å². The molecule has 0 aliphatic carbocycles. The lowest BCUT2D eigenvalue weighted by molar-refractivity contribution is 0.377. The summed E-state index contributed by atoms with van der Waals surface area (Å²) in [4.78, 5) is 4.45. The number of methoxy groups -OCH3 is 1.